The first-order valence-corrected chi connectivity index (χ1v) is 8.76. The van der Waals surface area contributed by atoms with Crippen LogP contribution in [0.5, 0.6) is 0 Å². The summed E-state index contributed by atoms with van der Waals surface area (Å²) in [5.41, 5.74) is 0.873. The van der Waals surface area contributed by atoms with Crippen molar-refractivity contribution in [2.75, 3.05) is 32.7 Å². The van der Waals surface area contributed by atoms with Crippen molar-refractivity contribution in [1.29, 1.82) is 0 Å². The Morgan fingerprint density at radius 1 is 1.22 bits per heavy atom. The van der Waals surface area contributed by atoms with E-state index < -0.39 is 28.8 Å². The average Bonchev–Trinajstić information content (AvgIpc) is 2.47. The van der Waals surface area contributed by atoms with Gasteiger partial charge in [0.1, 0.15) is 6.04 Å². The third-order valence-electron chi connectivity index (χ3n) is 3.77. The van der Waals surface area contributed by atoms with Crippen LogP contribution in [-0.2, 0) is 10.0 Å². The van der Waals surface area contributed by atoms with E-state index in [-0.39, 0.29) is 18.0 Å². The van der Waals surface area contributed by atoms with Crippen LogP contribution in [0.1, 0.15) is 5.56 Å². The number of rotatable bonds is 5. The lowest BCUT2D eigenvalue weighted by Gasteiger charge is -2.35. The molecule has 9 heteroatoms. The number of nitrogens with one attached hydrogen (secondary N) is 2. The minimum atomic E-state index is -4.49. The maximum atomic E-state index is 13.2. The zero-order valence-corrected chi connectivity index (χ0v) is 13.5. The lowest BCUT2D eigenvalue weighted by Crippen LogP contribution is -2.57. The number of sulfonamides is 1. The molecule has 1 heterocycles. The fourth-order valence-electron chi connectivity index (χ4n) is 2.44. The Morgan fingerprint density at radius 3 is 2.30 bits per heavy atom. The molecule has 1 atom stereocenters. The Morgan fingerprint density at radius 2 is 1.78 bits per heavy atom. The number of hydrogen-bond donors (Lipinski definition) is 2. The van der Waals surface area contributed by atoms with Gasteiger partial charge in [0.05, 0.1) is 4.90 Å². The van der Waals surface area contributed by atoms with Crippen LogP contribution in [-0.4, -0.2) is 58.3 Å². The van der Waals surface area contributed by atoms with Crippen molar-refractivity contribution in [2.45, 2.75) is 24.0 Å². The summed E-state index contributed by atoms with van der Waals surface area (Å²) >= 11 is 0. The predicted octanol–water partition coefficient (Wildman–Crippen LogP) is 1.11. The minimum absolute atomic E-state index is 0.0377. The summed E-state index contributed by atoms with van der Waals surface area (Å²) in [6.07, 6.45) is -4.49. The highest BCUT2D eigenvalue weighted by molar-refractivity contribution is 7.89. The van der Waals surface area contributed by atoms with Crippen LogP contribution in [0.25, 0.3) is 0 Å². The van der Waals surface area contributed by atoms with E-state index in [1.54, 1.807) is 19.1 Å². The lowest BCUT2D eigenvalue weighted by atomic mass is 10.2. The van der Waals surface area contributed by atoms with Crippen LogP contribution >= 0.6 is 0 Å². The van der Waals surface area contributed by atoms with E-state index in [2.05, 4.69) is 10.0 Å². The van der Waals surface area contributed by atoms with Gasteiger partial charge in [0, 0.05) is 32.7 Å². The number of hydrogen-bond acceptors (Lipinski definition) is 4. The van der Waals surface area contributed by atoms with E-state index in [9.17, 15) is 21.6 Å². The fraction of sp³-hybridized carbons (Fsp3) is 0.571. The Kier molecular flexibility index (Phi) is 5.66. The van der Waals surface area contributed by atoms with Crippen LogP contribution < -0.4 is 10.0 Å². The molecular formula is C14H20F3N3O2S. The molecular weight excluding hydrogens is 331 g/mol. The van der Waals surface area contributed by atoms with E-state index in [0.29, 0.717) is 13.1 Å². The van der Waals surface area contributed by atoms with Gasteiger partial charge in [0.2, 0.25) is 10.0 Å². The van der Waals surface area contributed by atoms with E-state index >= 15 is 0 Å². The first-order chi connectivity index (χ1) is 10.7. The van der Waals surface area contributed by atoms with Gasteiger partial charge in [-0.15, -0.1) is 0 Å². The molecule has 2 N–H and O–H groups in total. The van der Waals surface area contributed by atoms with Crippen molar-refractivity contribution >= 4 is 10.0 Å². The molecule has 1 fully saturated rings. The van der Waals surface area contributed by atoms with Crippen molar-refractivity contribution < 1.29 is 21.6 Å². The van der Waals surface area contributed by atoms with Gasteiger partial charge in [-0.05, 0) is 19.1 Å². The standard InChI is InChI=1S/C14H20F3N3O2S/c1-11-2-4-12(5-3-11)23(21,22)19-10-13(14(15,16)17)20-8-6-18-7-9-20/h2-5,13,18-19H,6-10H2,1H3. The van der Waals surface area contributed by atoms with E-state index in [0.717, 1.165) is 5.56 Å². The topological polar surface area (TPSA) is 61.4 Å². The van der Waals surface area contributed by atoms with Gasteiger partial charge in [-0.25, -0.2) is 13.1 Å². The summed E-state index contributed by atoms with van der Waals surface area (Å²) in [5.74, 6) is 0. The number of nitrogens with zero attached hydrogens (tertiary/aromatic N) is 1. The maximum absolute atomic E-state index is 13.2. The van der Waals surface area contributed by atoms with Crippen molar-refractivity contribution in [3.8, 4) is 0 Å². The van der Waals surface area contributed by atoms with Crippen molar-refractivity contribution in [3.63, 3.8) is 0 Å². The summed E-state index contributed by atoms with van der Waals surface area (Å²) in [4.78, 5) is 1.22. The predicted molar refractivity (Wildman–Crippen MR) is 80.7 cm³/mol. The summed E-state index contributed by atoms with van der Waals surface area (Å²) in [6.45, 7) is 2.48. The van der Waals surface area contributed by atoms with Crippen molar-refractivity contribution in [3.05, 3.63) is 29.8 Å². The molecule has 0 spiro atoms. The maximum Gasteiger partial charge on any atom is 0.405 e. The Labute approximate surface area is 133 Å². The SMILES string of the molecule is Cc1ccc(S(=O)(=O)NCC(N2CCNCC2)C(F)(F)F)cc1. The van der Waals surface area contributed by atoms with E-state index in [1.165, 1.54) is 17.0 Å². The van der Waals surface area contributed by atoms with E-state index in [4.69, 9.17) is 0 Å². The summed E-state index contributed by atoms with van der Waals surface area (Å²) < 4.78 is 66.1. The molecule has 0 radical (unpaired) electrons. The van der Waals surface area contributed by atoms with E-state index in [1.807, 2.05) is 0 Å². The molecule has 1 aliphatic rings. The summed E-state index contributed by atoms with van der Waals surface area (Å²) in [5, 5.41) is 2.98. The second-order valence-corrected chi connectivity index (χ2v) is 7.28. The smallest absolute Gasteiger partial charge is 0.314 e. The zero-order valence-electron chi connectivity index (χ0n) is 12.7. The van der Waals surface area contributed by atoms with Crippen LogP contribution in [0.3, 0.4) is 0 Å². The first-order valence-electron chi connectivity index (χ1n) is 7.28. The minimum Gasteiger partial charge on any atom is -0.314 e. The van der Waals surface area contributed by atoms with Gasteiger partial charge in [0.25, 0.3) is 0 Å². The number of benzene rings is 1. The Hall–Kier alpha value is -1.16. The normalized spacial score (nSPS) is 18.8. The van der Waals surface area contributed by atoms with Crippen LogP contribution in [0.4, 0.5) is 13.2 Å². The number of alkyl halides is 3. The molecule has 1 aromatic rings. The number of piperazine rings is 1. The Bertz CT molecular complexity index is 611. The largest absolute Gasteiger partial charge is 0.405 e. The van der Waals surface area contributed by atoms with Crippen LogP contribution in [0, 0.1) is 6.92 Å². The molecule has 23 heavy (non-hydrogen) atoms. The molecule has 0 bridgehead atoms. The first kappa shape index (κ1) is 18.2. The third kappa shape index (κ3) is 4.90. The Balaban J connectivity index is 2.09. The lowest BCUT2D eigenvalue weighted by molar-refractivity contribution is -0.182. The van der Waals surface area contributed by atoms with Gasteiger partial charge in [-0.3, -0.25) is 4.90 Å². The molecule has 0 saturated carbocycles. The van der Waals surface area contributed by atoms with Gasteiger partial charge in [-0.2, -0.15) is 13.2 Å². The number of aryl methyl sites for hydroxylation is 1. The molecule has 1 unspecified atom stereocenters. The molecule has 0 amide bonds. The summed E-state index contributed by atoms with van der Waals surface area (Å²) in [6, 6.07) is 4.14. The fourth-order valence-corrected chi connectivity index (χ4v) is 3.47. The molecule has 5 nitrogen and oxygen atoms in total. The quantitative estimate of drug-likeness (QED) is 0.834. The molecule has 130 valence electrons. The zero-order chi connectivity index (χ0) is 17.1. The molecule has 1 aliphatic heterocycles. The van der Waals surface area contributed by atoms with Crippen molar-refractivity contribution in [1.82, 2.24) is 14.9 Å². The highest BCUT2D eigenvalue weighted by atomic mass is 32.2. The summed E-state index contributed by atoms with van der Waals surface area (Å²) in [7, 11) is -3.96. The average molecular weight is 351 g/mol. The van der Waals surface area contributed by atoms with Crippen molar-refractivity contribution in [2.24, 2.45) is 0 Å². The molecule has 0 aliphatic carbocycles. The number of halogens is 3. The third-order valence-corrected chi connectivity index (χ3v) is 5.21. The highest BCUT2D eigenvalue weighted by Crippen LogP contribution is 2.25. The monoisotopic (exact) mass is 351 g/mol. The van der Waals surface area contributed by atoms with Crippen LogP contribution in [0.15, 0.2) is 29.2 Å². The second-order valence-electron chi connectivity index (χ2n) is 5.51. The van der Waals surface area contributed by atoms with Crippen LogP contribution in [0.2, 0.25) is 0 Å². The molecule has 1 saturated heterocycles. The molecule has 2 rings (SSSR count). The van der Waals surface area contributed by atoms with Gasteiger partial charge in [-0.1, -0.05) is 17.7 Å². The van der Waals surface area contributed by atoms with Gasteiger partial charge >= 0.3 is 6.18 Å². The second kappa shape index (κ2) is 7.16. The van der Waals surface area contributed by atoms with Gasteiger partial charge < -0.3 is 5.32 Å². The van der Waals surface area contributed by atoms with Gasteiger partial charge in [0.15, 0.2) is 0 Å². The highest BCUT2D eigenvalue weighted by Gasteiger charge is 2.44. The molecule has 1 aromatic carbocycles. The molecule has 0 aromatic heterocycles.